The second-order valence-corrected chi connectivity index (χ2v) is 39.0. The molecule has 0 bridgehead atoms. The number of ether oxygens (including phenoxy) is 8. The number of rotatable bonds is 28. The van der Waals surface area contributed by atoms with Crippen molar-refractivity contribution in [1.29, 1.82) is 0 Å². The molecule has 16 heteroatoms. The van der Waals surface area contributed by atoms with Gasteiger partial charge in [0.05, 0.1) is 56.9 Å². The zero-order chi connectivity index (χ0) is 96.0. The molecule has 4 heterocycles. The Kier molecular flexibility index (Phi) is 24.1. The lowest BCUT2D eigenvalue weighted by atomic mass is 9.97. The third kappa shape index (κ3) is 17.2. The predicted molar refractivity (Wildman–Crippen MR) is 598 cm³/mol. The van der Waals surface area contributed by atoms with Crippen molar-refractivity contribution in [3.8, 4) is 132 Å². The van der Waals surface area contributed by atoms with Gasteiger partial charge in [-0.3, -0.25) is 0 Å². The van der Waals surface area contributed by atoms with E-state index in [1.54, 1.807) is 56.9 Å². The lowest BCUT2D eigenvalue weighted by molar-refractivity contribution is 0.414. The van der Waals surface area contributed by atoms with E-state index >= 15 is 0 Å². The van der Waals surface area contributed by atoms with E-state index in [1.807, 2.05) is 142 Å². The summed E-state index contributed by atoms with van der Waals surface area (Å²) in [4.78, 5) is 13.8. The lowest BCUT2D eigenvalue weighted by Gasteiger charge is -2.26. The van der Waals surface area contributed by atoms with Crippen LogP contribution in [0.4, 0.5) is 68.2 Å². The van der Waals surface area contributed by atoms with Crippen LogP contribution in [0.25, 0.3) is 148 Å². The maximum atomic E-state index is 5.59. The largest absolute Gasteiger partial charge is 0.497 e. The minimum atomic E-state index is 0.799. The van der Waals surface area contributed by atoms with Gasteiger partial charge in [0.1, 0.15) is 46.0 Å². The van der Waals surface area contributed by atoms with Gasteiger partial charge in [-0.25, -0.2) is 0 Å². The van der Waals surface area contributed by atoms with E-state index in [-0.39, 0.29) is 0 Å². The van der Waals surface area contributed by atoms with Crippen LogP contribution in [-0.2, 0) is 0 Å². The maximum Gasteiger partial charge on any atom is 0.119 e. The van der Waals surface area contributed by atoms with Crippen LogP contribution in [0.1, 0.15) is 0 Å². The van der Waals surface area contributed by atoms with Crippen molar-refractivity contribution in [2.24, 2.45) is 0 Å². The van der Waals surface area contributed by atoms with Crippen molar-refractivity contribution in [3.63, 3.8) is 0 Å². The molecular weight excluding hydrogens is 1830 g/mol. The Morgan fingerprint density at radius 1 is 0.127 bits per heavy atom. The molecule has 0 atom stereocenters. The average Bonchev–Trinajstić information content (AvgIpc) is 1.53. The summed E-state index contributed by atoms with van der Waals surface area (Å²) in [6, 6.07) is 152. The summed E-state index contributed by atoms with van der Waals surface area (Å²) in [6.45, 7) is 0. The van der Waals surface area contributed by atoms with Crippen molar-refractivity contribution in [2.75, 3.05) is 76.5 Å². The molecule has 12 nitrogen and oxygen atoms in total. The minimum Gasteiger partial charge on any atom is -0.497 e. The number of fused-ring (bicyclic) bond motifs is 12. The number of thiophene rings is 4. The highest BCUT2D eigenvalue weighted by Gasteiger charge is 2.26. The molecule has 0 fully saturated rings. The Morgan fingerprint density at radius 2 is 0.232 bits per heavy atom. The second-order valence-electron chi connectivity index (χ2n) is 34.8. The predicted octanol–water partition coefficient (Wildman–Crippen LogP) is 36.1. The number of nitrogens with zero attached hydrogens (tertiary/aromatic N) is 4. The summed E-state index contributed by atoms with van der Waals surface area (Å²) in [5, 5.41) is 9.92. The molecule has 23 aromatic rings. The summed E-state index contributed by atoms with van der Waals surface area (Å²) in [5.74, 6) is 6.39. The van der Waals surface area contributed by atoms with Crippen molar-refractivity contribution in [1.82, 2.24) is 0 Å². The molecule has 142 heavy (non-hydrogen) atoms. The normalized spacial score (nSPS) is 11.4. The van der Waals surface area contributed by atoms with Crippen molar-refractivity contribution < 1.29 is 37.9 Å². The number of hydrogen-bond donors (Lipinski definition) is 0. The van der Waals surface area contributed by atoms with Crippen molar-refractivity contribution in [2.45, 2.75) is 0 Å². The number of benzene rings is 19. The highest BCUT2D eigenvalue weighted by Crippen LogP contribution is 2.55. The van der Waals surface area contributed by atoms with Crippen LogP contribution in [0.15, 0.2) is 425 Å². The molecule has 23 rings (SSSR count). The number of hydrogen-bond acceptors (Lipinski definition) is 16. The molecule has 19 aromatic carbocycles. The SMILES string of the molecule is COc1ccc(N(c2ccc(OC)cc2)c2ccc(-c3ccc(-c4cc5c6cc(-c7ccc(-c8ccc(N(c9ccc(OC)cc9)c9ccc(OC)cc9)cc8)cc7)sc6c6cc7c(cc6c5s4)c4sc(-c5ccc(-c6ccc(N(c8ccc(OC)cc8)c8ccc(OC)cc8)cc6)cc5)cc4c4cc(-c5ccc(-c6ccc(N(c8ccc(OC)cc8)c8ccc(OC)cc8)cc6)cc5)sc47)cc3)cc2)cc1. The topological polar surface area (TPSA) is 86.8 Å². The Hall–Kier alpha value is -16.9. The summed E-state index contributed by atoms with van der Waals surface area (Å²) in [6.07, 6.45) is 0. The lowest BCUT2D eigenvalue weighted by Crippen LogP contribution is -2.09. The zero-order valence-corrected chi connectivity index (χ0v) is 82.4. The summed E-state index contributed by atoms with van der Waals surface area (Å²) in [5.41, 5.74) is 25.9. The fourth-order valence-corrected chi connectivity index (χ4v) is 24.1. The van der Waals surface area contributed by atoms with Crippen molar-refractivity contribution in [3.05, 3.63) is 425 Å². The third-order valence-corrected chi connectivity index (χ3v) is 31.7. The zero-order valence-electron chi connectivity index (χ0n) is 79.1. The van der Waals surface area contributed by atoms with Gasteiger partial charge in [0.2, 0.25) is 0 Å². The Labute approximate surface area is 840 Å². The quantitative estimate of drug-likeness (QED) is 0.0438. The molecular formula is C126H94N4O8S4. The first-order chi connectivity index (χ1) is 69.9. The van der Waals surface area contributed by atoms with Gasteiger partial charge < -0.3 is 57.5 Å². The first-order valence-electron chi connectivity index (χ1n) is 46.8. The van der Waals surface area contributed by atoms with Crippen LogP contribution < -0.4 is 57.5 Å². The van der Waals surface area contributed by atoms with Gasteiger partial charge >= 0.3 is 0 Å². The van der Waals surface area contributed by atoms with Crippen molar-refractivity contribution >= 4 is 175 Å². The highest BCUT2D eigenvalue weighted by molar-refractivity contribution is 7.27. The molecule has 0 aliphatic carbocycles. The van der Waals surface area contributed by atoms with Crippen LogP contribution >= 0.6 is 45.3 Å². The molecule has 0 N–H and O–H groups in total. The van der Waals surface area contributed by atoms with Gasteiger partial charge in [0.25, 0.3) is 0 Å². The molecule has 0 aliphatic rings. The van der Waals surface area contributed by atoms with Gasteiger partial charge in [-0.15, -0.1) is 45.3 Å². The highest BCUT2D eigenvalue weighted by atomic mass is 32.1. The number of methoxy groups -OCH3 is 8. The van der Waals surface area contributed by atoms with Gasteiger partial charge in [0.15, 0.2) is 0 Å². The molecule has 0 unspecified atom stereocenters. The molecule has 4 aromatic heterocycles. The third-order valence-electron chi connectivity index (χ3n) is 26.8. The Balaban J connectivity index is 0.641. The molecule has 690 valence electrons. The van der Waals surface area contributed by atoms with E-state index in [0.717, 1.165) is 181 Å². The monoisotopic (exact) mass is 1920 g/mol. The number of anilines is 12. The van der Waals surface area contributed by atoms with E-state index in [0.29, 0.717) is 0 Å². The van der Waals surface area contributed by atoms with E-state index in [9.17, 15) is 0 Å². The summed E-state index contributed by atoms with van der Waals surface area (Å²) >= 11 is 7.56. The van der Waals surface area contributed by atoms with Gasteiger partial charge in [-0.2, -0.15) is 0 Å². The van der Waals surface area contributed by atoms with Gasteiger partial charge in [-0.1, -0.05) is 146 Å². The van der Waals surface area contributed by atoms with Gasteiger partial charge in [-0.05, 0) is 346 Å². The smallest absolute Gasteiger partial charge is 0.119 e. The fourth-order valence-electron chi connectivity index (χ4n) is 19.2. The van der Waals surface area contributed by atoms with Crippen LogP contribution in [0.2, 0.25) is 0 Å². The van der Waals surface area contributed by atoms with Crippen LogP contribution in [-0.4, -0.2) is 56.9 Å². The summed E-state index contributed by atoms with van der Waals surface area (Å²) < 4.78 is 49.7. The molecule has 0 saturated heterocycles. The molecule has 0 aliphatic heterocycles. The maximum absolute atomic E-state index is 5.59. The first-order valence-corrected chi connectivity index (χ1v) is 50.1. The van der Waals surface area contributed by atoms with Crippen LogP contribution in [0, 0.1) is 0 Å². The minimum absolute atomic E-state index is 0.799. The van der Waals surface area contributed by atoms with E-state index < -0.39 is 0 Å². The molecule has 0 spiro atoms. The fraction of sp³-hybridized carbons (Fsp3) is 0.0635. The summed E-state index contributed by atoms with van der Waals surface area (Å²) in [7, 11) is 13.6. The van der Waals surface area contributed by atoms with E-state index in [2.05, 4.69) is 347 Å². The van der Waals surface area contributed by atoms with Crippen LogP contribution in [0.3, 0.4) is 0 Å². The van der Waals surface area contributed by atoms with E-state index in [4.69, 9.17) is 37.9 Å². The van der Waals surface area contributed by atoms with E-state index in [1.165, 1.54) is 81.4 Å². The molecule has 0 radical (unpaired) electrons. The molecule has 0 saturated carbocycles. The van der Waals surface area contributed by atoms with Gasteiger partial charge in [0, 0.05) is 150 Å². The second kappa shape index (κ2) is 38.5. The standard InChI is InChI=1S/C126H94N4O8S4/c1-131-103-57-41-95(42-58-103)127(96-43-59-104(132-2)60-44-96)91-33-25-83(26-34-91)79-9-17-87(18-10-79)119-75-115-116-76-120(88-19-11-80(12-20-88)84-27-35-92(36-28-84)128(97-45-61-105(133-3)62-46-97)98-47-63-106(134-4)64-48-98)140-124(116)112-74-114-113(73-111(112)123(115)139-119)125-117(77-121(141-125)89-21-13-81(14-22-89)85-29-37-93(38-30-85)129(99-49-65-107(135-5)66-50-99)100-51-67-108(136-6)68-52-100)118-78-122(142-126(114)118)90-23-15-82(16-24-90)86-31-39-94(40-32-86)130(101-53-69-109(137-7)70-54-101)102-55-71-110(138-8)72-56-102/h9-78H,1-8H3. The Bertz CT molecular complexity index is 7310. The Morgan fingerprint density at radius 3 is 0.359 bits per heavy atom. The first kappa shape index (κ1) is 89.1. The van der Waals surface area contributed by atoms with Crippen LogP contribution in [0.5, 0.6) is 46.0 Å². The molecule has 0 amide bonds. The average molecular weight is 1920 g/mol.